The normalized spacial score (nSPS) is 26.3. The molecule has 2 rings (SSSR count). The predicted octanol–water partition coefficient (Wildman–Crippen LogP) is 3.64. The van der Waals surface area contributed by atoms with Gasteiger partial charge in [0, 0.05) is 17.1 Å². The van der Waals surface area contributed by atoms with Crippen molar-refractivity contribution in [3.8, 4) is 0 Å². The van der Waals surface area contributed by atoms with E-state index in [1.54, 1.807) is 23.0 Å². The summed E-state index contributed by atoms with van der Waals surface area (Å²) >= 11 is 1.56. The van der Waals surface area contributed by atoms with Crippen molar-refractivity contribution in [2.45, 2.75) is 44.3 Å². The molecule has 1 aliphatic rings. The molecule has 3 unspecified atom stereocenters. The van der Waals surface area contributed by atoms with Crippen molar-refractivity contribution in [3.05, 3.63) is 16.6 Å². The first-order valence-electron chi connectivity index (χ1n) is 6.62. The van der Waals surface area contributed by atoms with Crippen molar-refractivity contribution >= 4 is 11.3 Å². The summed E-state index contributed by atoms with van der Waals surface area (Å²) in [5.74, 6) is -1.02. The van der Waals surface area contributed by atoms with Crippen molar-refractivity contribution in [3.63, 3.8) is 0 Å². The third-order valence-corrected chi connectivity index (χ3v) is 4.82. The molecule has 0 aromatic carbocycles. The molecule has 6 heteroatoms. The monoisotopic (exact) mass is 292 g/mol. The van der Waals surface area contributed by atoms with Crippen LogP contribution >= 0.6 is 11.3 Å². The van der Waals surface area contributed by atoms with Crippen LogP contribution < -0.4 is 5.32 Å². The van der Waals surface area contributed by atoms with Gasteiger partial charge in [-0.3, -0.25) is 4.98 Å². The highest BCUT2D eigenvalue weighted by Gasteiger charge is 2.43. The summed E-state index contributed by atoms with van der Waals surface area (Å²) < 4.78 is 38.5. The Kier molecular flexibility index (Phi) is 4.84. The molecule has 0 spiro atoms. The Morgan fingerprint density at radius 2 is 2.26 bits per heavy atom. The summed E-state index contributed by atoms with van der Waals surface area (Å²) in [7, 11) is 1.84. The molecule has 0 radical (unpaired) electrons. The molecule has 3 atom stereocenters. The van der Waals surface area contributed by atoms with Gasteiger partial charge in [0.05, 0.1) is 11.4 Å². The van der Waals surface area contributed by atoms with Crippen LogP contribution in [0, 0.1) is 11.8 Å². The lowest BCUT2D eigenvalue weighted by molar-refractivity contribution is -0.186. The summed E-state index contributed by atoms with van der Waals surface area (Å²) in [6.45, 7) is 0. The average Bonchev–Trinajstić information content (AvgIpc) is 2.88. The summed E-state index contributed by atoms with van der Waals surface area (Å²) in [6, 6.07) is 0.116. The molecule has 1 fully saturated rings. The maximum Gasteiger partial charge on any atom is 0.391 e. The van der Waals surface area contributed by atoms with E-state index in [1.807, 2.05) is 7.05 Å². The molecule has 0 saturated heterocycles. The summed E-state index contributed by atoms with van der Waals surface area (Å²) in [6.07, 6.45) is 0.647. The minimum absolute atomic E-state index is 0.104. The fraction of sp³-hybridized carbons (Fsp3) is 0.769. The van der Waals surface area contributed by atoms with E-state index in [1.165, 1.54) is 0 Å². The zero-order chi connectivity index (χ0) is 13.9. The van der Waals surface area contributed by atoms with Crippen LogP contribution in [0.3, 0.4) is 0 Å². The number of hydrogen-bond acceptors (Lipinski definition) is 3. The third-order valence-electron chi connectivity index (χ3n) is 4.02. The van der Waals surface area contributed by atoms with Crippen LogP contribution in [0.5, 0.6) is 0 Å². The first kappa shape index (κ1) is 14.8. The van der Waals surface area contributed by atoms with Gasteiger partial charge in [0.1, 0.15) is 0 Å². The Morgan fingerprint density at radius 1 is 1.47 bits per heavy atom. The average molecular weight is 292 g/mol. The molecular formula is C13H19F3N2S. The molecule has 0 amide bonds. The Balaban J connectivity index is 1.98. The van der Waals surface area contributed by atoms with Gasteiger partial charge < -0.3 is 5.32 Å². The zero-order valence-corrected chi connectivity index (χ0v) is 11.7. The highest BCUT2D eigenvalue weighted by molar-refractivity contribution is 7.09. The Bertz CT molecular complexity index is 378. The van der Waals surface area contributed by atoms with Crippen LogP contribution in [0.4, 0.5) is 13.2 Å². The van der Waals surface area contributed by atoms with Gasteiger partial charge in [-0.15, -0.1) is 11.3 Å². The number of alkyl halides is 3. The summed E-state index contributed by atoms with van der Waals surface area (Å²) in [5.41, 5.74) is 1.77. The highest BCUT2D eigenvalue weighted by atomic mass is 32.1. The van der Waals surface area contributed by atoms with Crippen LogP contribution in [0.2, 0.25) is 0 Å². The van der Waals surface area contributed by atoms with E-state index in [0.717, 1.165) is 17.7 Å². The molecule has 0 aliphatic heterocycles. The van der Waals surface area contributed by atoms with Crippen molar-refractivity contribution < 1.29 is 13.2 Å². The topological polar surface area (TPSA) is 24.9 Å². The van der Waals surface area contributed by atoms with Crippen molar-refractivity contribution in [1.29, 1.82) is 0 Å². The van der Waals surface area contributed by atoms with Crippen LogP contribution in [0.15, 0.2) is 11.7 Å². The molecule has 1 aromatic heterocycles. The largest absolute Gasteiger partial charge is 0.391 e. The van der Waals surface area contributed by atoms with Gasteiger partial charge >= 0.3 is 6.18 Å². The molecule has 0 bridgehead atoms. The number of rotatable bonds is 4. The van der Waals surface area contributed by atoms with Gasteiger partial charge in [-0.1, -0.05) is 6.42 Å². The Labute approximate surface area is 115 Å². The van der Waals surface area contributed by atoms with Gasteiger partial charge in [-0.2, -0.15) is 13.2 Å². The maximum atomic E-state index is 12.8. The minimum Gasteiger partial charge on any atom is -0.316 e. The molecular weight excluding hydrogens is 273 g/mol. The summed E-state index contributed by atoms with van der Waals surface area (Å²) in [4.78, 5) is 5.15. The number of nitrogens with zero attached hydrogens (tertiary/aromatic N) is 1. The Hall–Kier alpha value is -0.620. The highest BCUT2D eigenvalue weighted by Crippen LogP contribution is 2.41. The smallest absolute Gasteiger partial charge is 0.316 e. The van der Waals surface area contributed by atoms with Gasteiger partial charge in [-0.25, -0.2) is 0 Å². The van der Waals surface area contributed by atoms with Crippen molar-refractivity contribution in [2.75, 3.05) is 7.05 Å². The zero-order valence-electron chi connectivity index (χ0n) is 10.9. The number of halogens is 3. The van der Waals surface area contributed by atoms with Gasteiger partial charge in [0.25, 0.3) is 0 Å². The lowest BCUT2D eigenvalue weighted by atomic mass is 9.76. The standard InChI is InChI=1S/C13H19F3N2S/c1-17-12(6-11-7-18-8-19-11)9-3-2-4-10(5-9)13(14,15)16/h7-10,12,17H,2-6H2,1H3. The molecule has 1 N–H and O–H groups in total. The first-order valence-corrected chi connectivity index (χ1v) is 7.50. The van der Waals surface area contributed by atoms with E-state index in [9.17, 15) is 13.2 Å². The van der Waals surface area contributed by atoms with Crippen molar-refractivity contribution in [2.24, 2.45) is 11.8 Å². The number of nitrogens with one attached hydrogen (secondary N) is 1. The molecule has 1 aliphatic carbocycles. The second-order valence-electron chi connectivity index (χ2n) is 5.23. The second kappa shape index (κ2) is 6.22. The number of thiazole rings is 1. The molecule has 1 aromatic rings. The van der Waals surface area contributed by atoms with E-state index in [-0.39, 0.29) is 24.8 Å². The third kappa shape index (κ3) is 3.92. The van der Waals surface area contributed by atoms with Crippen LogP contribution in [0.25, 0.3) is 0 Å². The quantitative estimate of drug-likeness (QED) is 0.916. The van der Waals surface area contributed by atoms with Crippen molar-refractivity contribution in [1.82, 2.24) is 10.3 Å². The van der Waals surface area contributed by atoms with E-state index < -0.39 is 12.1 Å². The molecule has 19 heavy (non-hydrogen) atoms. The van der Waals surface area contributed by atoms with Gasteiger partial charge in [-0.05, 0) is 38.6 Å². The minimum atomic E-state index is -4.04. The number of aromatic nitrogens is 1. The molecule has 108 valence electrons. The molecule has 1 heterocycles. The van der Waals surface area contributed by atoms with E-state index in [2.05, 4.69) is 10.3 Å². The van der Waals surface area contributed by atoms with E-state index in [4.69, 9.17) is 0 Å². The number of hydrogen-bond donors (Lipinski definition) is 1. The second-order valence-corrected chi connectivity index (χ2v) is 6.20. The number of likely N-dealkylation sites (N-methyl/N-ethyl adjacent to an activating group) is 1. The first-order chi connectivity index (χ1) is 9.00. The summed E-state index contributed by atoms with van der Waals surface area (Å²) in [5, 5.41) is 3.19. The van der Waals surface area contributed by atoms with Crippen LogP contribution in [-0.2, 0) is 6.42 Å². The van der Waals surface area contributed by atoms with Crippen LogP contribution in [0.1, 0.15) is 30.6 Å². The van der Waals surface area contributed by atoms with Gasteiger partial charge in [0.2, 0.25) is 0 Å². The molecule has 2 nitrogen and oxygen atoms in total. The van der Waals surface area contributed by atoms with Crippen LogP contribution in [-0.4, -0.2) is 24.2 Å². The van der Waals surface area contributed by atoms with E-state index in [0.29, 0.717) is 6.42 Å². The predicted molar refractivity (Wildman–Crippen MR) is 70.2 cm³/mol. The SMILES string of the molecule is CNC(Cc1cncs1)C1CCCC(C(F)(F)F)C1. The fourth-order valence-corrected chi connectivity index (χ4v) is 3.61. The Morgan fingerprint density at radius 3 is 2.84 bits per heavy atom. The molecule has 1 saturated carbocycles. The lowest BCUT2D eigenvalue weighted by Gasteiger charge is -2.35. The van der Waals surface area contributed by atoms with E-state index >= 15 is 0 Å². The lowest BCUT2D eigenvalue weighted by Crippen LogP contribution is -2.40. The van der Waals surface area contributed by atoms with Gasteiger partial charge in [0.15, 0.2) is 0 Å². The fourth-order valence-electron chi connectivity index (χ4n) is 2.95. The maximum absolute atomic E-state index is 12.8.